The third-order valence-electron chi connectivity index (χ3n) is 5.49. The lowest BCUT2D eigenvalue weighted by molar-refractivity contribution is -0.136. The Bertz CT molecular complexity index is 865. The van der Waals surface area contributed by atoms with Crippen molar-refractivity contribution < 1.29 is 14.3 Å². The fourth-order valence-electron chi connectivity index (χ4n) is 3.93. The summed E-state index contributed by atoms with van der Waals surface area (Å²) >= 11 is 6.25. The zero-order chi connectivity index (χ0) is 20.4. The maximum Gasteiger partial charge on any atom is 0.227 e. The van der Waals surface area contributed by atoms with Crippen LogP contribution in [0.15, 0.2) is 18.2 Å². The Morgan fingerprint density at radius 2 is 2.07 bits per heavy atom. The van der Waals surface area contributed by atoms with Crippen molar-refractivity contribution >= 4 is 17.5 Å². The highest BCUT2D eigenvalue weighted by Crippen LogP contribution is 2.39. The number of carbonyl (C=O) groups is 1. The summed E-state index contributed by atoms with van der Waals surface area (Å²) in [6.07, 6.45) is 1.88. The van der Waals surface area contributed by atoms with Crippen molar-refractivity contribution in [1.82, 2.24) is 14.7 Å². The second kappa shape index (κ2) is 8.43. The van der Waals surface area contributed by atoms with Crippen LogP contribution in [0.4, 0.5) is 0 Å². The molecule has 1 saturated heterocycles. The first kappa shape index (κ1) is 20.5. The summed E-state index contributed by atoms with van der Waals surface area (Å²) in [7, 11) is 3.30. The van der Waals surface area contributed by atoms with E-state index in [-0.39, 0.29) is 17.9 Å². The number of hydrogen-bond donors (Lipinski definition) is 0. The average molecular weight is 406 g/mol. The lowest BCUT2D eigenvalue weighted by Gasteiger charge is -2.29. The molecule has 0 saturated carbocycles. The topological polar surface area (TPSA) is 56.6 Å². The highest BCUT2D eigenvalue weighted by atomic mass is 35.5. The highest BCUT2D eigenvalue weighted by molar-refractivity contribution is 6.31. The largest absolute Gasteiger partial charge is 0.497 e. The van der Waals surface area contributed by atoms with Gasteiger partial charge >= 0.3 is 0 Å². The van der Waals surface area contributed by atoms with Crippen molar-refractivity contribution in [3.05, 3.63) is 40.2 Å². The molecule has 1 aromatic carbocycles. The van der Waals surface area contributed by atoms with Gasteiger partial charge in [0.25, 0.3) is 0 Å². The van der Waals surface area contributed by atoms with Crippen LogP contribution in [-0.2, 0) is 11.3 Å². The number of aromatic nitrogens is 2. The number of aryl methyl sites for hydroxylation is 1. The number of ether oxygens (including phenoxy) is 2. The monoisotopic (exact) mass is 405 g/mol. The van der Waals surface area contributed by atoms with Crippen molar-refractivity contribution in [3.8, 4) is 11.5 Å². The normalized spacial score (nSPS) is 17.6. The summed E-state index contributed by atoms with van der Waals surface area (Å²) < 4.78 is 12.8. The number of carbonyl (C=O) groups excluding carboxylic acids is 1. The molecule has 1 aliphatic heterocycles. The number of amides is 1. The molecule has 6 nitrogen and oxygen atoms in total. The van der Waals surface area contributed by atoms with Crippen LogP contribution in [0.5, 0.6) is 11.5 Å². The highest BCUT2D eigenvalue weighted by Gasteiger charge is 2.34. The summed E-state index contributed by atoms with van der Waals surface area (Å²) in [4.78, 5) is 15.2. The maximum atomic E-state index is 13.3. The third-order valence-corrected chi connectivity index (χ3v) is 6.04. The molecule has 0 radical (unpaired) electrons. The van der Waals surface area contributed by atoms with Crippen molar-refractivity contribution in [2.24, 2.45) is 5.92 Å². The smallest absolute Gasteiger partial charge is 0.227 e. The number of likely N-dealkylation sites (tertiary alicyclic amines) is 1. The number of hydrogen-bond acceptors (Lipinski definition) is 4. The predicted octanol–water partition coefficient (Wildman–Crippen LogP) is 4.17. The minimum Gasteiger partial charge on any atom is -0.497 e. The zero-order valence-corrected chi connectivity index (χ0v) is 17.9. The van der Waals surface area contributed by atoms with E-state index in [0.29, 0.717) is 11.6 Å². The van der Waals surface area contributed by atoms with E-state index in [1.165, 1.54) is 0 Å². The van der Waals surface area contributed by atoms with Gasteiger partial charge in [-0.05, 0) is 44.9 Å². The molecule has 0 aliphatic carbocycles. The number of nitrogens with zero attached hydrogens (tertiary/aromatic N) is 3. The lowest BCUT2D eigenvalue weighted by Crippen LogP contribution is -2.36. The van der Waals surface area contributed by atoms with Crippen LogP contribution in [-0.4, -0.2) is 41.4 Å². The van der Waals surface area contributed by atoms with E-state index in [1.807, 2.05) is 48.6 Å². The first-order valence-corrected chi connectivity index (χ1v) is 9.97. The van der Waals surface area contributed by atoms with Crippen LogP contribution in [0.3, 0.4) is 0 Å². The van der Waals surface area contributed by atoms with Gasteiger partial charge in [-0.15, -0.1) is 0 Å². The molecule has 3 rings (SSSR count). The number of methoxy groups -OCH3 is 2. The fraction of sp³-hybridized carbons (Fsp3) is 0.524. The first-order valence-electron chi connectivity index (χ1n) is 9.59. The predicted molar refractivity (Wildman–Crippen MR) is 109 cm³/mol. The average Bonchev–Trinajstić information content (AvgIpc) is 3.28. The summed E-state index contributed by atoms with van der Waals surface area (Å²) in [6.45, 7) is 7.01. The van der Waals surface area contributed by atoms with E-state index >= 15 is 0 Å². The van der Waals surface area contributed by atoms with E-state index in [4.69, 9.17) is 21.1 Å². The molecular weight excluding hydrogens is 378 g/mol. The zero-order valence-electron chi connectivity index (χ0n) is 17.2. The molecule has 0 unspecified atom stereocenters. The van der Waals surface area contributed by atoms with Crippen molar-refractivity contribution in [2.75, 3.05) is 20.8 Å². The Kier molecular flexibility index (Phi) is 6.18. The Labute approximate surface area is 171 Å². The molecule has 0 spiro atoms. The van der Waals surface area contributed by atoms with Gasteiger partial charge in [-0.25, -0.2) is 0 Å². The minimum absolute atomic E-state index is 0.0101. The van der Waals surface area contributed by atoms with Gasteiger partial charge in [0.15, 0.2) is 0 Å². The summed E-state index contributed by atoms with van der Waals surface area (Å²) in [5, 5.41) is 5.13. The number of rotatable bonds is 6. The molecule has 2 heterocycles. The molecule has 1 amide bonds. The SMILES string of the molecule is COc1ccc(OC)c([C@H]2CCCN2C(=O)[C@H](C)Cn2nc(C)c(Cl)c2C)c1. The van der Waals surface area contributed by atoms with Crippen LogP contribution in [0.25, 0.3) is 0 Å². The summed E-state index contributed by atoms with van der Waals surface area (Å²) in [6, 6.07) is 5.74. The van der Waals surface area contributed by atoms with Crippen molar-refractivity contribution in [3.63, 3.8) is 0 Å². The van der Waals surface area contributed by atoms with Gasteiger partial charge < -0.3 is 14.4 Å². The van der Waals surface area contributed by atoms with E-state index < -0.39 is 0 Å². The quantitative estimate of drug-likeness (QED) is 0.723. The first-order chi connectivity index (χ1) is 13.4. The molecule has 7 heteroatoms. The van der Waals surface area contributed by atoms with Crippen LogP contribution in [0.2, 0.25) is 5.02 Å². The van der Waals surface area contributed by atoms with Gasteiger partial charge in [0, 0.05) is 12.1 Å². The fourth-order valence-corrected chi connectivity index (χ4v) is 4.06. The lowest BCUT2D eigenvalue weighted by atomic mass is 10.0. The van der Waals surface area contributed by atoms with E-state index in [9.17, 15) is 4.79 Å². The Hall–Kier alpha value is -2.21. The molecule has 0 bridgehead atoms. The van der Waals surface area contributed by atoms with Crippen LogP contribution < -0.4 is 9.47 Å². The van der Waals surface area contributed by atoms with Crippen LogP contribution in [0, 0.1) is 19.8 Å². The Morgan fingerprint density at radius 1 is 1.32 bits per heavy atom. The van der Waals surface area contributed by atoms with Gasteiger partial charge in [-0.2, -0.15) is 5.10 Å². The molecule has 152 valence electrons. The van der Waals surface area contributed by atoms with Gasteiger partial charge in [-0.1, -0.05) is 18.5 Å². The summed E-state index contributed by atoms with van der Waals surface area (Å²) in [5.41, 5.74) is 2.68. The standard InChI is InChI=1S/C21H28ClN3O3/c1-13(12-25-15(3)20(22)14(2)23-25)21(26)24-10-6-7-18(24)17-11-16(27-4)8-9-19(17)28-5/h8-9,11,13,18H,6-7,10,12H2,1-5H3/t13-,18-/m1/s1. The van der Waals surface area contributed by atoms with Crippen LogP contribution >= 0.6 is 11.6 Å². The molecule has 2 aromatic rings. The maximum absolute atomic E-state index is 13.3. The third kappa shape index (κ3) is 3.83. The number of halogens is 1. The van der Waals surface area contributed by atoms with Gasteiger partial charge in [0.05, 0.1) is 49.1 Å². The van der Waals surface area contributed by atoms with Gasteiger partial charge in [0.2, 0.25) is 5.91 Å². The molecule has 1 aromatic heterocycles. The summed E-state index contributed by atoms with van der Waals surface area (Å²) in [5.74, 6) is 1.46. The Balaban J connectivity index is 1.82. The molecule has 28 heavy (non-hydrogen) atoms. The van der Waals surface area contributed by atoms with E-state index in [1.54, 1.807) is 14.2 Å². The van der Waals surface area contributed by atoms with Crippen molar-refractivity contribution in [2.45, 2.75) is 46.2 Å². The van der Waals surface area contributed by atoms with E-state index in [2.05, 4.69) is 5.10 Å². The van der Waals surface area contributed by atoms with Crippen molar-refractivity contribution in [1.29, 1.82) is 0 Å². The second-order valence-corrected chi connectivity index (χ2v) is 7.74. The van der Waals surface area contributed by atoms with Crippen LogP contribution in [0.1, 0.15) is 42.8 Å². The molecule has 1 fully saturated rings. The molecule has 1 aliphatic rings. The number of benzene rings is 1. The van der Waals surface area contributed by atoms with Gasteiger partial charge in [0.1, 0.15) is 11.5 Å². The minimum atomic E-state index is -0.203. The van der Waals surface area contributed by atoms with E-state index in [0.717, 1.165) is 47.8 Å². The molecule has 2 atom stereocenters. The van der Waals surface area contributed by atoms with Gasteiger partial charge in [-0.3, -0.25) is 9.48 Å². The second-order valence-electron chi connectivity index (χ2n) is 7.37. The molecule has 0 N–H and O–H groups in total. The molecular formula is C21H28ClN3O3. The Morgan fingerprint density at radius 3 is 2.68 bits per heavy atom.